The van der Waals surface area contributed by atoms with Crippen LogP contribution in [0.25, 0.3) is 0 Å². The zero-order valence-corrected chi connectivity index (χ0v) is 13.0. The van der Waals surface area contributed by atoms with E-state index in [0.29, 0.717) is 5.56 Å². The molecule has 19 heavy (non-hydrogen) atoms. The van der Waals surface area contributed by atoms with E-state index in [4.69, 9.17) is 0 Å². The molecule has 0 radical (unpaired) electrons. The average molecular weight is 346 g/mol. The second kappa shape index (κ2) is 6.11. The van der Waals surface area contributed by atoms with E-state index in [9.17, 15) is 8.78 Å². The molecular formula is C14H14BrF2NS. The largest absolute Gasteiger partial charge is 0.303 e. The van der Waals surface area contributed by atoms with Gasteiger partial charge >= 0.3 is 0 Å². The third-order valence-electron chi connectivity index (χ3n) is 2.97. The molecule has 1 N–H and O–H groups in total. The first-order valence-corrected chi connectivity index (χ1v) is 7.60. The van der Waals surface area contributed by atoms with Crippen molar-refractivity contribution in [1.82, 2.24) is 5.32 Å². The van der Waals surface area contributed by atoms with Crippen molar-refractivity contribution < 1.29 is 8.78 Å². The van der Waals surface area contributed by atoms with Gasteiger partial charge in [0.15, 0.2) is 0 Å². The Kier molecular flexibility index (Phi) is 4.71. The summed E-state index contributed by atoms with van der Waals surface area (Å²) in [7, 11) is 0. The van der Waals surface area contributed by atoms with Crippen molar-refractivity contribution in [3.63, 3.8) is 0 Å². The van der Waals surface area contributed by atoms with Gasteiger partial charge in [-0.1, -0.05) is 6.07 Å². The molecule has 1 aromatic heterocycles. The Morgan fingerprint density at radius 1 is 1.16 bits per heavy atom. The van der Waals surface area contributed by atoms with Crippen LogP contribution in [-0.4, -0.2) is 0 Å². The monoisotopic (exact) mass is 345 g/mol. The number of nitrogens with one attached hydrogen (secondary N) is 1. The standard InChI is InChI=1S/C14H14BrF2NS/c1-8(11-4-3-10(16)7-13(11)17)18-9(2)14-12(15)5-6-19-14/h3-9,18H,1-2H3. The van der Waals surface area contributed by atoms with Crippen molar-refractivity contribution >= 4 is 27.3 Å². The highest BCUT2D eigenvalue weighted by molar-refractivity contribution is 9.10. The second-order valence-corrected chi connectivity index (χ2v) is 6.21. The molecular weight excluding hydrogens is 332 g/mol. The van der Waals surface area contributed by atoms with Crippen molar-refractivity contribution in [2.45, 2.75) is 25.9 Å². The summed E-state index contributed by atoms with van der Waals surface area (Å²) < 4.78 is 27.6. The smallest absolute Gasteiger partial charge is 0.130 e. The van der Waals surface area contributed by atoms with Crippen molar-refractivity contribution in [2.75, 3.05) is 0 Å². The summed E-state index contributed by atoms with van der Waals surface area (Å²) in [6, 6.07) is 5.57. The molecule has 0 bridgehead atoms. The molecule has 0 saturated carbocycles. The van der Waals surface area contributed by atoms with E-state index in [1.54, 1.807) is 11.3 Å². The normalized spacial score (nSPS) is 14.4. The highest BCUT2D eigenvalue weighted by Gasteiger charge is 2.17. The minimum absolute atomic E-state index is 0.0915. The van der Waals surface area contributed by atoms with Crippen LogP contribution in [-0.2, 0) is 0 Å². The van der Waals surface area contributed by atoms with Crippen molar-refractivity contribution in [2.24, 2.45) is 0 Å². The van der Waals surface area contributed by atoms with Gasteiger partial charge in [-0.05, 0) is 47.3 Å². The van der Waals surface area contributed by atoms with Crippen molar-refractivity contribution in [1.29, 1.82) is 0 Å². The van der Waals surface area contributed by atoms with Gasteiger partial charge in [0, 0.05) is 33.1 Å². The van der Waals surface area contributed by atoms with E-state index >= 15 is 0 Å². The van der Waals surface area contributed by atoms with Crippen molar-refractivity contribution in [3.8, 4) is 0 Å². The Labute approximate surface area is 123 Å². The van der Waals surface area contributed by atoms with Crippen LogP contribution >= 0.6 is 27.3 Å². The molecule has 0 saturated heterocycles. The SMILES string of the molecule is CC(NC(C)c1sccc1Br)c1ccc(F)cc1F. The number of halogens is 3. The summed E-state index contributed by atoms with van der Waals surface area (Å²) in [5.74, 6) is -1.07. The molecule has 102 valence electrons. The zero-order chi connectivity index (χ0) is 14.0. The molecule has 1 heterocycles. The number of thiophene rings is 1. The van der Waals surface area contributed by atoms with Crippen LogP contribution in [0.5, 0.6) is 0 Å². The van der Waals surface area contributed by atoms with Gasteiger partial charge in [-0.2, -0.15) is 0 Å². The summed E-state index contributed by atoms with van der Waals surface area (Å²) in [6.07, 6.45) is 0. The highest BCUT2D eigenvalue weighted by Crippen LogP contribution is 2.30. The molecule has 2 aromatic rings. The van der Waals surface area contributed by atoms with E-state index < -0.39 is 11.6 Å². The van der Waals surface area contributed by atoms with E-state index in [1.165, 1.54) is 12.1 Å². The Balaban J connectivity index is 2.13. The lowest BCUT2D eigenvalue weighted by Gasteiger charge is -2.20. The third kappa shape index (κ3) is 3.41. The van der Waals surface area contributed by atoms with Gasteiger partial charge < -0.3 is 5.32 Å². The van der Waals surface area contributed by atoms with Crippen LogP contribution in [0.3, 0.4) is 0 Å². The van der Waals surface area contributed by atoms with Crippen LogP contribution in [0.4, 0.5) is 8.78 Å². The maximum absolute atomic E-state index is 13.7. The van der Waals surface area contributed by atoms with E-state index in [-0.39, 0.29) is 12.1 Å². The van der Waals surface area contributed by atoms with E-state index in [2.05, 4.69) is 21.2 Å². The van der Waals surface area contributed by atoms with E-state index in [0.717, 1.165) is 15.4 Å². The Morgan fingerprint density at radius 2 is 1.89 bits per heavy atom. The maximum atomic E-state index is 13.7. The molecule has 0 amide bonds. The number of benzene rings is 1. The molecule has 1 aromatic carbocycles. The fourth-order valence-corrected chi connectivity index (χ4v) is 3.74. The van der Waals surface area contributed by atoms with Gasteiger partial charge in [0.1, 0.15) is 11.6 Å². The van der Waals surface area contributed by atoms with Gasteiger partial charge in [0.05, 0.1) is 0 Å². The van der Waals surface area contributed by atoms with Crippen LogP contribution in [0, 0.1) is 11.6 Å². The Bertz CT molecular complexity index is 570. The summed E-state index contributed by atoms with van der Waals surface area (Å²) in [5.41, 5.74) is 0.473. The maximum Gasteiger partial charge on any atom is 0.130 e. The molecule has 5 heteroatoms. The van der Waals surface area contributed by atoms with Gasteiger partial charge in [0.25, 0.3) is 0 Å². The lowest BCUT2D eigenvalue weighted by molar-refractivity contribution is 0.473. The molecule has 0 aliphatic rings. The molecule has 2 unspecified atom stereocenters. The lowest BCUT2D eigenvalue weighted by atomic mass is 10.1. The minimum atomic E-state index is -0.553. The minimum Gasteiger partial charge on any atom is -0.303 e. The van der Waals surface area contributed by atoms with Gasteiger partial charge in [-0.25, -0.2) is 8.78 Å². The highest BCUT2D eigenvalue weighted by atomic mass is 79.9. The van der Waals surface area contributed by atoms with Crippen LogP contribution < -0.4 is 5.32 Å². The molecule has 0 aliphatic carbocycles. The number of hydrogen-bond acceptors (Lipinski definition) is 2. The topological polar surface area (TPSA) is 12.0 Å². The zero-order valence-electron chi connectivity index (χ0n) is 10.6. The van der Waals surface area contributed by atoms with Gasteiger partial charge in [-0.15, -0.1) is 11.3 Å². The number of hydrogen-bond donors (Lipinski definition) is 1. The quantitative estimate of drug-likeness (QED) is 0.802. The first kappa shape index (κ1) is 14.6. The Morgan fingerprint density at radius 3 is 2.47 bits per heavy atom. The van der Waals surface area contributed by atoms with Gasteiger partial charge in [-0.3, -0.25) is 0 Å². The van der Waals surface area contributed by atoms with Crippen LogP contribution in [0.2, 0.25) is 0 Å². The molecule has 2 atom stereocenters. The summed E-state index contributed by atoms with van der Waals surface area (Å²) in [6.45, 7) is 3.89. The van der Waals surface area contributed by atoms with Crippen LogP contribution in [0.1, 0.15) is 36.4 Å². The average Bonchev–Trinajstić information content (AvgIpc) is 2.75. The lowest BCUT2D eigenvalue weighted by Crippen LogP contribution is -2.22. The molecule has 1 nitrogen and oxygen atoms in total. The first-order chi connectivity index (χ1) is 8.99. The fourth-order valence-electron chi connectivity index (χ4n) is 2.01. The Hall–Kier alpha value is -0.780. The molecule has 0 fully saturated rings. The summed E-state index contributed by atoms with van der Waals surface area (Å²) >= 11 is 5.12. The summed E-state index contributed by atoms with van der Waals surface area (Å²) in [4.78, 5) is 1.16. The molecule has 0 spiro atoms. The van der Waals surface area contributed by atoms with Crippen molar-refractivity contribution in [3.05, 3.63) is 56.2 Å². The number of rotatable bonds is 4. The predicted octanol–water partition coefficient (Wildman–Crippen LogP) is 5.20. The van der Waals surface area contributed by atoms with E-state index in [1.807, 2.05) is 25.3 Å². The predicted molar refractivity (Wildman–Crippen MR) is 78.3 cm³/mol. The first-order valence-electron chi connectivity index (χ1n) is 5.93. The fraction of sp³-hybridized carbons (Fsp3) is 0.286. The van der Waals surface area contributed by atoms with Gasteiger partial charge in [0.2, 0.25) is 0 Å². The third-order valence-corrected chi connectivity index (χ3v) is 5.02. The van der Waals surface area contributed by atoms with Crippen LogP contribution in [0.15, 0.2) is 34.1 Å². The summed E-state index contributed by atoms with van der Waals surface area (Å²) in [5, 5.41) is 5.32. The molecule has 2 rings (SSSR count). The molecule has 0 aliphatic heterocycles. The second-order valence-electron chi connectivity index (χ2n) is 4.41.